The van der Waals surface area contributed by atoms with Crippen molar-refractivity contribution in [3.05, 3.63) is 29.8 Å². The van der Waals surface area contributed by atoms with Crippen molar-refractivity contribution in [1.29, 1.82) is 0 Å². The molecule has 3 heteroatoms. The highest BCUT2D eigenvalue weighted by Crippen LogP contribution is 2.29. The van der Waals surface area contributed by atoms with Crippen molar-refractivity contribution in [2.75, 3.05) is 0 Å². The molecule has 0 bridgehead atoms. The number of hydrogen-bond acceptors (Lipinski definition) is 2. The third-order valence-electron chi connectivity index (χ3n) is 4.31. The first-order chi connectivity index (χ1) is 9.06. The summed E-state index contributed by atoms with van der Waals surface area (Å²) in [6, 6.07) is 7.31. The molecule has 104 valence electrons. The maximum atomic E-state index is 12.0. The van der Waals surface area contributed by atoms with Gasteiger partial charge in [-0.2, -0.15) is 0 Å². The van der Waals surface area contributed by atoms with Gasteiger partial charge in [-0.25, -0.2) is 0 Å². The molecule has 1 aliphatic rings. The Bertz CT molecular complexity index is 444. The van der Waals surface area contributed by atoms with Gasteiger partial charge in [-0.1, -0.05) is 32.0 Å². The van der Waals surface area contributed by atoms with Gasteiger partial charge in [-0.05, 0) is 37.2 Å². The molecule has 1 aliphatic carbocycles. The van der Waals surface area contributed by atoms with Crippen LogP contribution in [-0.2, 0) is 11.2 Å². The molecule has 1 aromatic rings. The van der Waals surface area contributed by atoms with Crippen LogP contribution >= 0.6 is 0 Å². The number of carbonyl (C=O) groups excluding carboxylic acids is 1. The molecule has 0 aliphatic heterocycles. The maximum Gasteiger partial charge on any atom is 0.224 e. The monoisotopic (exact) mass is 261 g/mol. The molecule has 2 rings (SSSR count). The highest BCUT2D eigenvalue weighted by atomic mass is 16.3. The van der Waals surface area contributed by atoms with Crippen molar-refractivity contribution < 1.29 is 9.90 Å². The van der Waals surface area contributed by atoms with E-state index in [9.17, 15) is 9.90 Å². The number of hydrogen-bond donors (Lipinski definition) is 2. The molecule has 0 spiro atoms. The fraction of sp³-hybridized carbons (Fsp3) is 0.562. The number of phenols is 1. The first-order valence-corrected chi connectivity index (χ1v) is 7.12. The number of benzene rings is 1. The predicted molar refractivity (Wildman–Crippen MR) is 75.9 cm³/mol. The van der Waals surface area contributed by atoms with E-state index in [-0.39, 0.29) is 18.1 Å². The smallest absolute Gasteiger partial charge is 0.224 e. The van der Waals surface area contributed by atoms with Gasteiger partial charge in [0.2, 0.25) is 5.91 Å². The average Bonchev–Trinajstić information content (AvgIpc) is 2.37. The minimum Gasteiger partial charge on any atom is -0.508 e. The van der Waals surface area contributed by atoms with E-state index in [0.29, 0.717) is 17.5 Å². The SMILES string of the molecule is CC1CCC(NC(=O)Cc2ccccc2O)CC1C. The Hall–Kier alpha value is -1.51. The van der Waals surface area contributed by atoms with Gasteiger partial charge in [0, 0.05) is 11.6 Å². The molecule has 3 unspecified atom stereocenters. The number of phenolic OH excluding ortho intramolecular Hbond substituents is 1. The summed E-state index contributed by atoms with van der Waals surface area (Å²) in [5.74, 6) is 1.63. The zero-order valence-electron chi connectivity index (χ0n) is 11.7. The van der Waals surface area contributed by atoms with Crippen LogP contribution in [0.1, 0.15) is 38.7 Å². The summed E-state index contributed by atoms with van der Waals surface area (Å²) in [6.07, 6.45) is 3.57. The van der Waals surface area contributed by atoms with Gasteiger partial charge in [0.25, 0.3) is 0 Å². The average molecular weight is 261 g/mol. The summed E-state index contributed by atoms with van der Waals surface area (Å²) in [5.41, 5.74) is 0.692. The topological polar surface area (TPSA) is 49.3 Å². The Morgan fingerprint density at radius 2 is 2.00 bits per heavy atom. The number of nitrogens with one attached hydrogen (secondary N) is 1. The van der Waals surface area contributed by atoms with E-state index < -0.39 is 0 Å². The van der Waals surface area contributed by atoms with Crippen LogP contribution in [-0.4, -0.2) is 17.1 Å². The van der Waals surface area contributed by atoms with Crippen molar-refractivity contribution in [2.45, 2.75) is 45.6 Å². The second-order valence-corrected chi connectivity index (χ2v) is 5.84. The minimum absolute atomic E-state index is 0.00764. The lowest BCUT2D eigenvalue weighted by atomic mass is 9.79. The molecule has 2 N–H and O–H groups in total. The lowest BCUT2D eigenvalue weighted by Gasteiger charge is -2.32. The lowest BCUT2D eigenvalue weighted by Crippen LogP contribution is -2.40. The van der Waals surface area contributed by atoms with E-state index in [4.69, 9.17) is 0 Å². The zero-order valence-corrected chi connectivity index (χ0v) is 11.7. The molecule has 1 amide bonds. The summed E-state index contributed by atoms with van der Waals surface area (Å²) < 4.78 is 0. The van der Waals surface area contributed by atoms with E-state index in [1.165, 1.54) is 6.42 Å². The summed E-state index contributed by atoms with van der Waals surface area (Å²) in [5, 5.41) is 12.8. The highest BCUT2D eigenvalue weighted by Gasteiger charge is 2.25. The molecule has 0 heterocycles. The van der Waals surface area contributed by atoms with Crippen LogP contribution in [0.4, 0.5) is 0 Å². The van der Waals surface area contributed by atoms with E-state index in [0.717, 1.165) is 18.8 Å². The van der Waals surface area contributed by atoms with Gasteiger partial charge in [0.1, 0.15) is 5.75 Å². The van der Waals surface area contributed by atoms with Gasteiger partial charge >= 0.3 is 0 Å². The van der Waals surface area contributed by atoms with Crippen molar-refractivity contribution in [2.24, 2.45) is 11.8 Å². The summed E-state index contributed by atoms with van der Waals surface area (Å²) in [7, 11) is 0. The predicted octanol–water partition coefficient (Wildman–Crippen LogP) is 2.88. The molecule has 0 aromatic heterocycles. The van der Waals surface area contributed by atoms with Gasteiger partial charge < -0.3 is 10.4 Å². The van der Waals surface area contributed by atoms with Gasteiger partial charge in [0.15, 0.2) is 0 Å². The highest BCUT2D eigenvalue weighted by molar-refractivity contribution is 5.79. The molecule has 0 radical (unpaired) electrons. The van der Waals surface area contributed by atoms with E-state index in [1.807, 2.05) is 6.07 Å². The third kappa shape index (κ3) is 3.72. The van der Waals surface area contributed by atoms with E-state index >= 15 is 0 Å². The maximum absolute atomic E-state index is 12.0. The van der Waals surface area contributed by atoms with Gasteiger partial charge in [0.05, 0.1) is 6.42 Å². The second kappa shape index (κ2) is 6.09. The van der Waals surface area contributed by atoms with Crippen molar-refractivity contribution in [3.63, 3.8) is 0 Å². The summed E-state index contributed by atoms with van der Waals surface area (Å²) in [6.45, 7) is 4.54. The van der Waals surface area contributed by atoms with Gasteiger partial charge in [-0.3, -0.25) is 4.79 Å². The Kier molecular flexibility index (Phi) is 4.46. The molecule has 0 saturated heterocycles. The Balaban J connectivity index is 1.87. The number of rotatable bonds is 3. The second-order valence-electron chi connectivity index (χ2n) is 5.84. The lowest BCUT2D eigenvalue weighted by molar-refractivity contribution is -0.121. The Morgan fingerprint density at radius 3 is 2.68 bits per heavy atom. The van der Waals surface area contributed by atoms with Gasteiger partial charge in [-0.15, -0.1) is 0 Å². The van der Waals surface area contributed by atoms with Crippen molar-refractivity contribution in [1.82, 2.24) is 5.32 Å². The summed E-state index contributed by atoms with van der Waals surface area (Å²) >= 11 is 0. The number of aromatic hydroxyl groups is 1. The molecule has 3 atom stereocenters. The van der Waals surface area contributed by atoms with Crippen LogP contribution in [0.15, 0.2) is 24.3 Å². The molecular weight excluding hydrogens is 238 g/mol. The Labute approximate surface area is 115 Å². The molecule has 1 aromatic carbocycles. The molecule has 19 heavy (non-hydrogen) atoms. The zero-order chi connectivity index (χ0) is 13.8. The largest absolute Gasteiger partial charge is 0.508 e. The quantitative estimate of drug-likeness (QED) is 0.879. The minimum atomic E-state index is 0.00764. The van der Waals surface area contributed by atoms with Crippen LogP contribution in [0.2, 0.25) is 0 Å². The molecule has 3 nitrogen and oxygen atoms in total. The molecule has 1 saturated carbocycles. The first kappa shape index (κ1) is 13.9. The molecular formula is C16H23NO2. The third-order valence-corrected chi connectivity index (χ3v) is 4.31. The van der Waals surface area contributed by atoms with Crippen LogP contribution in [0, 0.1) is 11.8 Å². The fourth-order valence-corrected chi connectivity index (χ4v) is 2.79. The first-order valence-electron chi connectivity index (χ1n) is 7.12. The fourth-order valence-electron chi connectivity index (χ4n) is 2.79. The van der Waals surface area contributed by atoms with Crippen molar-refractivity contribution >= 4 is 5.91 Å². The summed E-state index contributed by atoms with van der Waals surface area (Å²) in [4.78, 5) is 12.0. The standard InChI is InChI=1S/C16H23NO2/c1-11-7-8-14(9-12(11)2)17-16(19)10-13-5-3-4-6-15(13)18/h3-6,11-12,14,18H,7-10H2,1-2H3,(H,17,19). The van der Waals surface area contributed by atoms with Crippen LogP contribution < -0.4 is 5.32 Å². The van der Waals surface area contributed by atoms with Crippen molar-refractivity contribution in [3.8, 4) is 5.75 Å². The Morgan fingerprint density at radius 1 is 1.26 bits per heavy atom. The number of para-hydroxylation sites is 1. The van der Waals surface area contributed by atoms with Crippen LogP contribution in [0.25, 0.3) is 0 Å². The van der Waals surface area contributed by atoms with E-state index in [1.54, 1.807) is 18.2 Å². The van der Waals surface area contributed by atoms with Crippen LogP contribution in [0.5, 0.6) is 5.75 Å². The number of carbonyl (C=O) groups is 1. The molecule has 1 fully saturated rings. The number of amides is 1. The normalized spacial score (nSPS) is 26.9. The van der Waals surface area contributed by atoms with Crippen LogP contribution in [0.3, 0.4) is 0 Å². The van der Waals surface area contributed by atoms with E-state index in [2.05, 4.69) is 19.2 Å².